The Hall–Kier alpha value is -3.08. The summed E-state index contributed by atoms with van der Waals surface area (Å²) in [5, 5.41) is 2.84. The van der Waals surface area contributed by atoms with Crippen molar-refractivity contribution >= 4 is 41.2 Å². The number of nitrogens with zero attached hydrogens (tertiary/aromatic N) is 4. The minimum atomic E-state index is -0.733. The Morgan fingerprint density at radius 3 is 2.86 bits per heavy atom. The SMILES string of the molecule is C=N/C=C(\C=C/CCSc1cccc2nc(C)n(C3CCC(=O)NC3=O)c(=O)c12)CN1CCOCC1. The second-order valence-corrected chi connectivity index (χ2v) is 9.90. The van der Waals surface area contributed by atoms with Crippen LogP contribution in [0.1, 0.15) is 31.1 Å². The summed E-state index contributed by atoms with van der Waals surface area (Å²) in [7, 11) is 0. The second kappa shape index (κ2) is 12.2. The van der Waals surface area contributed by atoms with Crippen LogP contribution < -0.4 is 10.9 Å². The van der Waals surface area contributed by atoms with E-state index >= 15 is 0 Å². The molecular weight excluding hydrogens is 478 g/mol. The van der Waals surface area contributed by atoms with E-state index in [0.29, 0.717) is 23.1 Å². The minimum absolute atomic E-state index is 0.201. The lowest BCUT2D eigenvalue weighted by molar-refractivity contribution is -0.135. The number of carbonyl (C=O) groups is 2. The van der Waals surface area contributed by atoms with Gasteiger partial charge in [-0.15, -0.1) is 11.8 Å². The van der Waals surface area contributed by atoms with Crippen molar-refractivity contribution in [3.05, 3.63) is 58.3 Å². The van der Waals surface area contributed by atoms with Crippen LogP contribution in [-0.4, -0.2) is 71.6 Å². The zero-order chi connectivity index (χ0) is 25.5. The molecule has 3 heterocycles. The lowest BCUT2D eigenvalue weighted by atomic mass is 10.1. The Morgan fingerprint density at radius 1 is 1.31 bits per heavy atom. The first-order chi connectivity index (χ1) is 17.5. The van der Waals surface area contributed by atoms with E-state index in [-0.39, 0.29) is 17.9 Å². The number of morpholine rings is 1. The Labute approximate surface area is 214 Å². The van der Waals surface area contributed by atoms with E-state index in [1.807, 2.05) is 18.2 Å². The highest BCUT2D eigenvalue weighted by Crippen LogP contribution is 2.27. The molecule has 2 aliphatic rings. The van der Waals surface area contributed by atoms with Crippen molar-refractivity contribution in [2.45, 2.75) is 37.1 Å². The van der Waals surface area contributed by atoms with Gasteiger partial charge in [-0.05, 0) is 44.2 Å². The molecular formula is C26H31N5O4S. The summed E-state index contributed by atoms with van der Waals surface area (Å²) in [6.07, 6.45) is 7.27. The van der Waals surface area contributed by atoms with E-state index in [1.54, 1.807) is 24.9 Å². The molecule has 0 saturated carbocycles. The Morgan fingerprint density at radius 2 is 2.11 bits per heavy atom. The topological polar surface area (TPSA) is 106 Å². The summed E-state index contributed by atoms with van der Waals surface area (Å²) in [6.45, 7) is 9.42. The predicted molar refractivity (Wildman–Crippen MR) is 142 cm³/mol. The van der Waals surface area contributed by atoms with Gasteiger partial charge >= 0.3 is 0 Å². The van der Waals surface area contributed by atoms with Crippen LogP contribution in [0.25, 0.3) is 10.9 Å². The molecule has 2 amide bonds. The third-order valence-electron chi connectivity index (χ3n) is 6.23. The van der Waals surface area contributed by atoms with E-state index < -0.39 is 11.9 Å². The van der Waals surface area contributed by atoms with Gasteiger partial charge < -0.3 is 4.74 Å². The van der Waals surface area contributed by atoms with Gasteiger partial charge in [-0.1, -0.05) is 18.2 Å². The monoisotopic (exact) mass is 509 g/mol. The molecule has 0 spiro atoms. The van der Waals surface area contributed by atoms with Gasteiger partial charge in [-0.25, -0.2) is 4.98 Å². The number of aliphatic imine (C=N–C) groups is 1. The highest BCUT2D eigenvalue weighted by molar-refractivity contribution is 7.99. The van der Waals surface area contributed by atoms with E-state index in [9.17, 15) is 14.4 Å². The van der Waals surface area contributed by atoms with E-state index in [4.69, 9.17) is 4.74 Å². The van der Waals surface area contributed by atoms with Crippen LogP contribution in [0.3, 0.4) is 0 Å². The third kappa shape index (κ3) is 6.18. The maximum absolute atomic E-state index is 13.5. The quantitative estimate of drug-likeness (QED) is 0.182. The molecule has 4 rings (SSSR count). The van der Waals surface area contributed by atoms with Crippen molar-refractivity contribution in [3.8, 4) is 0 Å². The van der Waals surface area contributed by atoms with Crippen LogP contribution in [0.4, 0.5) is 0 Å². The van der Waals surface area contributed by atoms with Crippen molar-refractivity contribution in [2.75, 3.05) is 38.6 Å². The fourth-order valence-corrected chi connectivity index (χ4v) is 5.47. The van der Waals surface area contributed by atoms with Gasteiger partial charge in [0.1, 0.15) is 11.9 Å². The molecule has 190 valence electrons. The number of amides is 2. The van der Waals surface area contributed by atoms with Gasteiger partial charge in [-0.3, -0.25) is 34.2 Å². The number of thioether (sulfide) groups is 1. The number of aromatic nitrogens is 2. The summed E-state index contributed by atoms with van der Waals surface area (Å²) in [5.74, 6) is 0.463. The number of nitrogens with one attached hydrogen (secondary N) is 1. The molecule has 2 fully saturated rings. The van der Waals surface area contributed by atoms with Gasteiger partial charge in [0.05, 0.1) is 24.1 Å². The second-order valence-electron chi connectivity index (χ2n) is 8.77. The average molecular weight is 510 g/mol. The number of fused-ring (bicyclic) bond motifs is 1. The predicted octanol–water partition coefficient (Wildman–Crippen LogP) is 2.64. The number of hydrogen-bond acceptors (Lipinski definition) is 8. The van der Waals surface area contributed by atoms with Crippen molar-refractivity contribution < 1.29 is 14.3 Å². The van der Waals surface area contributed by atoms with Gasteiger partial charge in [0, 0.05) is 42.9 Å². The van der Waals surface area contributed by atoms with Crippen molar-refractivity contribution in [1.82, 2.24) is 19.8 Å². The number of ether oxygens (including phenoxy) is 1. The summed E-state index contributed by atoms with van der Waals surface area (Å²) in [5.41, 5.74) is 1.45. The number of benzene rings is 1. The molecule has 10 heteroatoms. The molecule has 2 aromatic rings. The molecule has 0 bridgehead atoms. The molecule has 1 aromatic carbocycles. The van der Waals surface area contributed by atoms with E-state index in [1.165, 1.54) is 4.57 Å². The van der Waals surface area contributed by atoms with Crippen molar-refractivity contribution in [1.29, 1.82) is 0 Å². The van der Waals surface area contributed by atoms with Gasteiger partial charge in [-0.2, -0.15) is 0 Å². The molecule has 1 unspecified atom stereocenters. The molecule has 36 heavy (non-hydrogen) atoms. The van der Waals surface area contributed by atoms with Crippen LogP contribution in [0, 0.1) is 6.92 Å². The van der Waals surface area contributed by atoms with Crippen molar-refractivity contribution in [3.63, 3.8) is 0 Å². The number of piperidine rings is 1. The lowest BCUT2D eigenvalue weighted by Gasteiger charge is -2.26. The maximum Gasteiger partial charge on any atom is 0.263 e. The fourth-order valence-electron chi connectivity index (χ4n) is 4.48. The summed E-state index contributed by atoms with van der Waals surface area (Å²) >= 11 is 1.59. The number of aryl methyl sites for hydroxylation is 1. The zero-order valence-corrected chi connectivity index (χ0v) is 21.3. The van der Waals surface area contributed by atoms with Crippen molar-refractivity contribution in [2.24, 2.45) is 4.99 Å². The lowest BCUT2D eigenvalue weighted by Crippen LogP contribution is -2.45. The van der Waals surface area contributed by atoms with Gasteiger partial charge in [0.2, 0.25) is 11.8 Å². The number of rotatable bonds is 9. The molecule has 0 radical (unpaired) electrons. The highest BCUT2D eigenvalue weighted by Gasteiger charge is 2.30. The van der Waals surface area contributed by atoms with Crippen LogP contribution in [0.2, 0.25) is 0 Å². The average Bonchev–Trinajstić information content (AvgIpc) is 2.85. The van der Waals surface area contributed by atoms with E-state index in [0.717, 1.165) is 55.5 Å². The van der Waals surface area contributed by atoms with E-state index in [2.05, 4.69) is 39.1 Å². The number of hydrogen-bond donors (Lipinski definition) is 1. The maximum atomic E-state index is 13.5. The molecule has 9 nitrogen and oxygen atoms in total. The normalized spacial score (nSPS) is 19.7. The Kier molecular flexibility index (Phi) is 8.84. The molecule has 2 saturated heterocycles. The highest BCUT2D eigenvalue weighted by atomic mass is 32.2. The third-order valence-corrected chi connectivity index (χ3v) is 7.32. The largest absolute Gasteiger partial charge is 0.379 e. The first-order valence-corrected chi connectivity index (χ1v) is 13.1. The number of imide groups is 1. The van der Waals surface area contributed by atoms with Gasteiger partial charge in [0.15, 0.2) is 0 Å². The Balaban J connectivity index is 1.46. The molecule has 1 aromatic heterocycles. The number of allylic oxidation sites excluding steroid dienone is 1. The fraction of sp³-hybridized carbons (Fsp3) is 0.423. The van der Waals surface area contributed by atoms with Crippen LogP contribution in [0.15, 0.2) is 56.8 Å². The first kappa shape index (κ1) is 26.0. The summed E-state index contributed by atoms with van der Waals surface area (Å²) in [4.78, 5) is 49.2. The molecule has 1 atom stereocenters. The summed E-state index contributed by atoms with van der Waals surface area (Å²) in [6, 6.07) is 4.88. The molecule has 1 N–H and O–H groups in total. The molecule has 0 aliphatic carbocycles. The molecule has 2 aliphatic heterocycles. The van der Waals surface area contributed by atoms with Crippen LogP contribution in [-0.2, 0) is 14.3 Å². The standard InChI is InChI=1S/C26H31N5O4S/c1-18-28-20-7-5-8-22(24(20)26(34)31(18)21-9-10-23(32)29-25(21)33)36-15-4-3-6-19(16-27-2)17-30-11-13-35-14-12-30/h3,5-8,16,21H,2,4,9-15,17H2,1H3,(H,29,32,33)/b6-3-,19-16+. The minimum Gasteiger partial charge on any atom is -0.379 e. The Bertz CT molecular complexity index is 1260. The van der Waals surface area contributed by atoms with Gasteiger partial charge in [0.25, 0.3) is 5.56 Å². The number of carbonyl (C=O) groups excluding carboxylic acids is 2. The zero-order valence-electron chi connectivity index (χ0n) is 20.4. The van der Waals surface area contributed by atoms with Crippen LogP contribution in [0.5, 0.6) is 0 Å². The van der Waals surface area contributed by atoms with Crippen LogP contribution >= 0.6 is 11.8 Å². The first-order valence-electron chi connectivity index (χ1n) is 12.1. The summed E-state index contributed by atoms with van der Waals surface area (Å²) < 4.78 is 6.84. The smallest absolute Gasteiger partial charge is 0.263 e.